The van der Waals surface area contributed by atoms with Crippen LogP contribution in [0.2, 0.25) is 0 Å². The zero-order valence-electron chi connectivity index (χ0n) is 8.87. The van der Waals surface area contributed by atoms with Crippen LogP contribution in [0.25, 0.3) is 0 Å². The molecule has 0 aliphatic rings. The number of carbonyl (C=O) groups excluding carboxylic acids is 1. The highest BCUT2D eigenvalue weighted by molar-refractivity contribution is 9.10. The van der Waals surface area contributed by atoms with Crippen LogP contribution in [-0.4, -0.2) is 5.78 Å². The average molecular weight is 295 g/mol. The largest absolute Gasteiger partial charge is 0.288 e. The topological polar surface area (TPSA) is 17.1 Å². The molecule has 0 saturated carbocycles. The Balaban J connectivity index is 2.35. The van der Waals surface area contributed by atoms with Crippen molar-refractivity contribution in [3.8, 4) is 0 Å². The van der Waals surface area contributed by atoms with Gasteiger partial charge in [-0.2, -0.15) is 0 Å². The second-order valence-corrected chi connectivity index (χ2v) is 5.30. The minimum absolute atomic E-state index is 0.124. The molecule has 82 valence electrons. The van der Waals surface area contributed by atoms with E-state index in [0.717, 1.165) is 26.9 Å². The van der Waals surface area contributed by atoms with Gasteiger partial charge in [0.2, 0.25) is 5.78 Å². The summed E-state index contributed by atoms with van der Waals surface area (Å²) in [5, 5.41) is 1.98. The molecule has 0 aliphatic carbocycles. The summed E-state index contributed by atoms with van der Waals surface area (Å²) in [6, 6.07) is 9.52. The Morgan fingerprint density at radius 2 is 1.94 bits per heavy atom. The summed E-state index contributed by atoms with van der Waals surface area (Å²) >= 11 is 4.88. The maximum absolute atomic E-state index is 12.2. The van der Waals surface area contributed by atoms with Gasteiger partial charge in [-0.3, -0.25) is 4.79 Å². The van der Waals surface area contributed by atoms with Crippen molar-refractivity contribution in [1.29, 1.82) is 0 Å². The normalized spacial score (nSPS) is 10.4. The first-order valence-corrected chi connectivity index (χ1v) is 6.76. The van der Waals surface area contributed by atoms with Gasteiger partial charge in [-0.25, -0.2) is 0 Å². The molecule has 0 N–H and O–H groups in total. The van der Waals surface area contributed by atoms with E-state index in [1.54, 1.807) is 0 Å². The van der Waals surface area contributed by atoms with E-state index in [1.807, 2.05) is 35.7 Å². The molecular formula is C13H11BrOS. The minimum atomic E-state index is 0.124. The van der Waals surface area contributed by atoms with E-state index < -0.39 is 0 Å². The van der Waals surface area contributed by atoms with Gasteiger partial charge < -0.3 is 0 Å². The van der Waals surface area contributed by atoms with Gasteiger partial charge in [0.25, 0.3) is 0 Å². The second-order valence-electron chi connectivity index (χ2n) is 3.46. The van der Waals surface area contributed by atoms with Crippen LogP contribution in [0.4, 0.5) is 0 Å². The Morgan fingerprint density at radius 1 is 1.25 bits per heavy atom. The molecule has 1 aromatic carbocycles. The summed E-state index contributed by atoms with van der Waals surface area (Å²) in [5.74, 6) is 0.124. The fraction of sp³-hybridized carbons (Fsp3) is 0.154. The Hall–Kier alpha value is -0.930. The lowest BCUT2D eigenvalue weighted by Crippen LogP contribution is -2.01. The highest BCUT2D eigenvalue weighted by Crippen LogP contribution is 2.22. The number of thiophene rings is 1. The van der Waals surface area contributed by atoms with Crippen molar-refractivity contribution in [1.82, 2.24) is 0 Å². The summed E-state index contributed by atoms with van der Waals surface area (Å²) in [4.78, 5) is 13.1. The van der Waals surface area contributed by atoms with Crippen molar-refractivity contribution in [2.45, 2.75) is 13.3 Å². The minimum Gasteiger partial charge on any atom is -0.288 e. The zero-order valence-corrected chi connectivity index (χ0v) is 11.3. The first-order chi connectivity index (χ1) is 7.72. The molecule has 1 nitrogen and oxygen atoms in total. The number of carbonyl (C=O) groups is 1. The van der Waals surface area contributed by atoms with Crippen LogP contribution < -0.4 is 0 Å². The molecule has 0 amide bonds. The number of ketones is 1. The number of aryl methyl sites for hydroxylation is 1. The van der Waals surface area contributed by atoms with Gasteiger partial charge in [0.05, 0.1) is 4.88 Å². The second kappa shape index (κ2) is 4.93. The van der Waals surface area contributed by atoms with Crippen molar-refractivity contribution < 1.29 is 4.79 Å². The van der Waals surface area contributed by atoms with Crippen LogP contribution in [0.1, 0.15) is 27.7 Å². The smallest absolute Gasteiger partial charge is 0.203 e. The lowest BCUT2D eigenvalue weighted by Gasteiger charge is -2.01. The summed E-state index contributed by atoms with van der Waals surface area (Å²) in [5.41, 5.74) is 1.89. The Bertz CT molecular complexity index is 499. The molecule has 0 unspecified atom stereocenters. The van der Waals surface area contributed by atoms with E-state index in [0.29, 0.717) is 0 Å². The van der Waals surface area contributed by atoms with Crippen molar-refractivity contribution in [2.24, 2.45) is 0 Å². The number of rotatable bonds is 3. The monoisotopic (exact) mass is 294 g/mol. The van der Waals surface area contributed by atoms with Crippen LogP contribution in [0.3, 0.4) is 0 Å². The Kier molecular flexibility index (Phi) is 3.56. The third-order valence-corrected chi connectivity index (χ3v) is 3.92. The standard InChI is InChI=1S/C13H11BrOS/c1-2-9-7-8-16-13(9)12(15)10-3-5-11(14)6-4-10/h3-8H,2H2,1H3. The van der Waals surface area contributed by atoms with Crippen LogP contribution in [0.15, 0.2) is 40.2 Å². The Morgan fingerprint density at radius 3 is 2.56 bits per heavy atom. The van der Waals surface area contributed by atoms with Gasteiger partial charge >= 0.3 is 0 Å². The molecule has 16 heavy (non-hydrogen) atoms. The SMILES string of the molecule is CCc1ccsc1C(=O)c1ccc(Br)cc1. The predicted octanol–water partition coefficient (Wildman–Crippen LogP) is 4.30. The summed E-state index contributed by atoms with van der Waals surface area (Å²) in [6.07, 6.45) is 0.904. The van der Waals surface area contributed by atoms with E-state index in [1.165, 1.54) is 11.3 Å². The molecular weight excluding hydrogens is 284 g/mol. The van der Waals surface area contributed by atoms with E-state index in [2.05, 4.69) is 22.9 Å². The summed E-state index contributed by atoms with van der Waals surface area (Å²) in [7, 11) is 0. The average Bonchev–Trinajstić information content (AvgIpc) is 2.77. The number of hydrogen-bond acceptors (Lipinski definition) is 2. The lowest BCUT2D eigenvalue weighted by atomic mass is 10.1. The van der Waals surface area contributed by atoms with Crippen LogP contribution in [0.5, 0.6) is 0 Å². The molecule has 0 fully saturated rings. The molecule has 0 bridgehead atoms. The van der Waals surface area contributed by atoms with Crippen molar-refractivity contribution >= 4 is 33.0 Å². The molecule has 1 aromatic heterocycles. The first kappa shape index (κ1) is 11.6. The molecule has 2 rings (SSSR count). The third kappa shape index (κ3) is 2.25. The number of hydrogen-bond donors (Lipinski definition) is 0. The maximum Gasteiger partial charge on any atom is 0.203 e. The van der Waals surface area contributed by atoms with Gasteiger partial charge in [0.15, 0.2) is 0 Å². The summed E-state index contributed by atoms with van der Waals surface area (Å²) in [6.45, 7) is 2.07. The first-order valence-electron chi connectivity index (χ1n) is 5.09. The molecule has 0 aliphatic heterocycles. The molecule has 3 heteroatoms. The van der Waals surface area contributed by atoms with Gasteiger partial charge in [-0.1, -0.05) is 22.9 Å². The molecule has 0 spiro atoms. The van der Waals surface area contributed by atoms with E-state index in [4.69, 9.17) is 0 Å². The van der Waals surface area contributed by atoms with Crippen molar-refractivity contribution in [3.63, 3.8) is 0 Å². The lowest BCUT2D eigenvalue weighted by molar-refractivity contribution is 0.104. The van der Waals surface area contributed by atoms with E-state index in [-0.39, 0.29) is 5.78 Å². The van der Waals surface area contributed by atoms with E-state index >= 15 is 0 Å². The molecule has 0 radical (unpaired) electrons. The maximum atomic E-state index is 12.2. The van der Waals surface area contributed by atoms with Gasteiger partial charge in [0, 0.05) is 10.0 Å². The fourth-order valence-corrected chi connectivity index (χ4v) is 2.77. The molecule has 2 aromatic rings. The van der Waals surface area contributed by atoms with Crippen LogP contribution >= 0.6 is 27.3 Å². The van der Waals surface area contributed by atoms with Crippen molar-refractivity contribution in [3.05, 3.63) is 56.2 Å². The van der Waals surface area contributed by atoms with Crippen LogP contribution in [-0.2, 0) is 6.42 Å². The summed E-state index contributed by atoms with van der Waals surface area (Å²) < 4.78 is 0.992. The molecule has 0 saturated heterocycles. The van der Waals surface area contributed by atoms with Crippen molar-refractivity contribution in [2.75, 3.05) is 0 Å². The zero-order chi connectivity index (χ0) is 11.5. The quantitative estimate of drug-likeness (QED) is 0.771. The highest BCUT2D eigenvalue weighted by atomic mass is 79.9. The number of halogens is 1. The van der Waals surface area contributed by atoms with E-state index in [9.17, 15) is 4.79 Å². The highest BCUT2D eigenvalue weighted by Gasteiger charge is 2.13. The van der Waals surface area contributed by atoms with Gasteiger partial charge in [-0.15, -0.1) is 11.3 Å². The Labute approximate surface area is 107 Å². The van der Waals surface area contributed by atoms with Gasteiger partial charge in [-0.05, 0) is 47.7 Å². The number of benzene rings is 1. The van der Waals surface area contributed by atoms with Gasteiger partial charge in [0.1, 0.15) is 0 Å². The third-order valence-electron chi connectivity index (χ3n) is 2.44. The molecule has 0 atom stereocenters. The molecule has 1 heterocycles. The van der Waals surface area contributed by atoms with Crippen LogP contribution in [0, 0.1) is 0 Å². The predicted molar refractivity (Wildman–Crippen MR) is 71.3 cm³/mol. The fourth-order valence-electron chi connectivity index (χ4n) is 1.55.